The minimum absolute atomic E-state index is 0.229. The van der Waals surface area contributed by atoms with Crippen molar-refractivity contribution in [2.75, 3.05) is 0 Å². The van der Waals surface area contributed by atoms with Crippen molar-refractivity contribution < 1.29 is 4.39 Å². The molecule has 1 aromatic heterocycles. The molecule has 0 spiro atoms. The van der Waals surface area contributed by atoms with Crippen LogP contribution >= 0.6 is 27.3 Å². The molecule has 21 heavy (non-hydrogen) atoms. The lowest BCUT2D eigenvalue weighted by Gasteiger charge is -2.02. The minimum atomic E-state index is -0.229. The first-order chi connectivity index (χ1) is 10.1. The fourth-order valence-electron chi connectivity index (χ4n) is 2.22. The summed E-state index contributed by atoms with van der Waals surface area (Å²) >= 11 is 5.07. The second-order valence-electron chi connectivity index (χ2n) is 4.89. The highest BCUT2D eigenvalue weighted by Crippen LogP contribution is 2.37. The summed E-state index contributed by atoms with van der Waals surface area (Å²) in [5, 5.41) is 0.722. The number of thiazole rings is 1. The fourth-order valence-corrected chi connectivity index (χ4v) is 3.64. The van der Waals surface area contributed by atoms with Gasteiger partial charge >= 0.3 is 0 Å². The van der Waals surface area contributed by atoms with Gasteiger partial charge in [-0.05, 0) is 32.0 Å². The van der Waals surface area contributed by atoms with Crippen molar-refractivity contribution >= 4 is 27.3 Å². The number of hydrogen-bond donors (Lipinski definition) is 0. The van der Waals surface area contributed by atoms with Crippen LogP contribution < -0.4 is 0 Å². The van der Waals surface area contributed by atoms with Gasteiger partial charge < -0.3 is 0 Å². The van der Waals surface area contributed by atoms with Crippen molar-refractivity contribution in [1.29, 1.82) is 0 Å². The van der Waals surface area contributed by atoms with Gasteiger partial charge in [0.05, 0.1) is 5.69 Å². The van der Waals surface area contributed by atoms with E-state index in [0.29, 0.717) is 5.56 Å². The van der Waals surface area contributed by atoms with Gasteiger partial charge in [-0.2, -0.15) is 0 Å². The molecule has 0 bridgehead atoms. The van der Waals surface area contributed by atoms with Gasteiger partial charge in [0.25, 0.3) is 0 Å². The number of hydrogen-bond acceptors (Lipinski definition) is 2. The van der Waals surface area contributed by atoms with E-state index in [9.17, 15) is 4.39 Å². The van der Waals surface area contributed by atoms with E-state index in [0.717, 1.165) is 31.2 Å². The maximum Gasteiger partial charge on any atom is 0.133 e. The largest absolute Gasteiger partial charge is 0.236 e. The molecule has 0 N–H and O–H groups in total. The summed E-state index contributed by atoms with van der Waals surface area (Å²) in [6.45, 7) is 3.97. The van der Waals surface area contributed by atoms with Gasteiger partial charge in [0.2, 0.25) is 0 Å². The van der Waals surface area contributed by atoms with Crippen LogP contribution in [-0.4, -0.2) is 4.98 Å². The number of aromatic nitrogens is 1. The van der Waals surface area contributed by atoms with Crippen LogP contribution in [0.3, 0.4) is 0 Å². The van der Waals surface area contributed by atoms with E-state index in [4.69, 9.17) is 0 Å². The molecule has 1 heterocycles. The molecule has 0 aliphatic heterocycles. The van der Waals surface area contributed by atoms with Crippen LogP contribution in [0, 0.1) is 19.7 Å². The highest BCUT2D eigenvalue weighted by molar-refractivity contribution is 9.10. The minimum Gasteiger partial charge on any atom is -0.236 e. The second kappa shape index (κ2) is 5.70. The number of benzene rings is 2. The lowest BCUT2D eigenvalue weighted by molar-refractivity contribution is 0.631. The Morgan fingerprint density at radius 1 is 1.05 bits per heavy atom. The first kappa shape index (κ1) is 14.4. The molecule has 0 radical (unpaired) electrons. The summed E-state index contributed by atoms with van der Waals surface area (Å²) in [6, 6.07) is 13.1. The van der Waals surface area contributed by atoms with Gasteiger partial charge in [0.15, 0.2) is 0 Å². The van der Waals surface area contributed by atoms with Crippen molar-refractivity contribution in [1.82, 2.24) is 4.98 Å². The monoisotopic (exact) mass is 361 g/mol. The van der Waals surface area contributed by atoms with E-state index >= 15 is 0 Å². The number of aryl methyl sites for hydroxylation is 2. The van der Waals surface area contributed by atoms with Crippen LogP contribution in [-0.2, 0) is 0 Å². The Morgan fingerprint density at radius 3 is 2.57 bits per heavy atom. The molecule has 0 saturated heterocycles. The normalized spacial score (nSPS) is 10.9. The van der Waals surface area contributed by atoms with Crippen LogP contribution in [0.1, 0.15) is 10.4 Å². The molecule has 0 atom stereocenters. The summed E-state index contributed by atoms with van der Waals surface area (Å²) in [4.78, 5) is 5.74. The Kier molecular flexibility index (Phi) is 3.91. The zero-order chi connectivity index (χ0) is 15.0. The predicted molar refractivity (Wildman–Crippen MR) is 90.1 cm³/mol. The summed E-state index contributed by atoms with van der Waals surface area (Å²) in [6.07, 6.45) is 0. The van der Waals surface area contributed by atoms with Crippen molar-refractivity contribution in [3.05, 3.63) is 63.2 Å². The van der Waals surface area contributed by atoms with Gasteiger partial charge in [-0.3, -0.25) is 0 Å². The molecule has 0 aliphatic carbocycles. The van der Waals surface area contributed by atoms with Gasteiger partial charge in [0, 0.05) is 20.5 Å². The Bertz CT molecular complexity index is 810. The molecular formula is C17H13BrFNS. The zero-order valence-corrected chi connectivity index (χ0v) is 14.1. The molecule has 1 nitrogen and oxygen atoms in total. The van der Waals surface area contributed by atoms with Crippen molar-refractivity contribution in [3.63, 3.8) is 0 Å². The maximum atomic E-state index is 14.0. The third kappa shape index (κ3) is 2.78. The highest BCUT2D eigenvalue weighted by atomic mass is 79.9. The smallest absolute Gasteiger partial charge is 0.133 e. The van der Waals surface area contributed by atoms with Crippen molar-refractivity contribution in [2.45, 2.75) is 13.8 Å². The molecule has 0 saturated carbocycles. The topological polar surface area (TPSA) is 12.9 Å². The van der Waals surface area contributed by atoms with Crippen molar-refractivity contribution in [3.8, 4) is 21.8 Å². The number of nitrogens with zero attached hydrogens (tertiary/aromatic N) is 1. The van der Waals surface area contributed by atoms with Gasteiger partial charge in [-0.1, -0.05) is 45.8 Å². The molecule has 2 aromatic carbocycles. The third-order valence-corrected chi connectivity index (χ3v) is 4.97. The van der Waals surface area contributed by atoms with Crippen LogP contribution in [0.5, 0.6) is 0 Å². The highest BCUT2D eigenvalue weighted by Gasteiger charge is 2.15. The standard InChI is InChI=1S/C17H13BrFNS/c1-10-7-8-15(19)13(9-10)17-20-16(11(2)21-17)12-5-3-4-6-14(12)18/h3-9H,1-2H3. The Hall–Kier alpha value is -1.52. The van der Waals surface area contributed by atoms with E-state index in [1.165, 1.54) is 17.4 Å². The predicted octanol–water partition coefficient (Wildman–Crippen LogP) is 6.00. The maximum absolute atomic E-state index is 14.0. The molecule has 3 rings (SSSR count). The molecule has 0 fully saturated rings. The molecule has 0 aliphatic rings. The average molecular weight is 362 g/mol. The molecule has 106 valence electrons. The summed E-state index contributed by atoms with van der Waals surface area (Å²) in [5.74, 6) is -0.229. The fraction of sp³-hybridized carbons (Fsp3) is 0.118. The second-order valence-corrected chi connectivity index (χ2v) is 6.94. The first-order valence-electron chi connectivity index (χ1n) is 6.55. The van der Waals surface area contributed by atoms with Crippen LogP contribution in [0.25, 0.3) is 21.8 Å². The van der Waals surface area contributed by atoms with Gasteiger partial charge in [-0.25, -0.2) is 9.37 Å². The Labute approximate surface area is 135 Å². The lowest BCUT2D eigenvalue weighted by atomic mass is 10.1. The quantitative estimate of drug-likeness (QED) is 0.545. The number of rotatable bonds is 2. The molecular weight excluding hydrogens is 349 g/mol. The van der Waals surface area contributed by atoms with E-state index in [2.05, 4.69) is 20.9 Å². The molecule has 0 unspecified atom stereocenters. The zero-order valence-electron chi connectivity index (χ0n) is 11.7. The van der Waals surface area contributed by atoms with Gasteiger partial charge in [0.1, 0.15) is 10.8 Å². The third-order valence-electron chi connectivity index (χ3n) is 3.28. The Balaban J connectivity index is 2.14. The molecule has 4 heteroatoms. The summed E-state index contributed by atoms with van der Waals surface area (Å²) in [7, 11) is 0. The SMILES string of the molecule is Cc1ccc(F)c(-c2nc(-c3ccccc3Br)c(C)s2)c1. The van der Waals surface area contributed by atoms with E-state index in [1.807, 2.05) is 44.2 Å². The van der Waals surface area contributed by atoms with E-state index in [-0.39, 0.29) is 5.82 Å². The average Bonchev–Trinajstić information content (AvgIpc) is 2.84. The van der Waals surface area contributed by atoms with Crippen LogP contribution in [0.4, 0.5) is 4.39 Å². The van der Waals surface area contributed by atoms with Crippen LogP contribution in [0.15, 0.2) is 46.9 Å². The lowest BCUT2D eigenvalue weighted by Crippen LogP contribution is -1.86. The summed E-state index contributed by atoms with van der Waals surface area (Å²) in [5.41, 5.74) is 3.54. The van der Waals surface area contributed by atoms with Crippen LogP contribution in [0.2, 0.25) is 0 Å². The van der Waals surface area contributed by atoms with Gasteiger partial charge in [-0.15, -0.1) is 11.3 Å². The number of halogens is 2. The van der Waals surface area contributed by atoms with Crippen molar-refractivity contribution in [2.24, 2.45) is 0 Å². The van der Waals surface area contributed by atoms with E-state index < -0.39 is 0 Å². The molecule has 0 amide bonds. The molecule has 3 aromatic rings. The van der Waals surface area contributed by atoms with E-state index in [1.54, 1.807) is 6.07 Å². The summed E-state index contributed by atoms with van der Waals surface area (Å²) < 4.78 is 15.0. The first-order valence-corrected chi connectivity index (χ1v) is 8.16. The Morgan fingerprint density at radius 2 is 1.81 bits per heavy atom.